The molecular weight excluding hydrogens is 348 g/mol. The van der Waals surface area contributed by atoms with E-state index in [2.05, 4.69) is 0 Å². The molecule has 4 N–H and O–H groups in total. The third-order valence-electron chi connectivity index (χ3n) is 3.83. The summed E-state index contributed by atoms with van der Waals surface area (Å²) in [5.41, 5.74) is 0. The van der Waals surface area contributed by atoms with Crippen molar-refractivity contribution < 1.29 is 44.1 Å². The summed E-state index contributed by atoms with van der Waals surface area (Å²) in [6, 6.07) is 0. The summed E-state index contributed by atoms with van der Waals surface area (Å²) < 4.78 is 29.0. The first-order valence-corrected chi connectivity index (χ1v) is 9.30. The first kappa shape index (κ1) is 23.7. The smallest absolute Gasteiger partial charge is 0.186 e. The van der Waals surface area contributed by atoms with E-state index in [1.54, 1.807) is 0 Å². The minimum Gasteiger partial charge on any atom is -0.396 e. The molecule has 1 rings (SSSR count). The zero-order chi connectivity index (χ0) is 19.0. The van der Waals surface area contributed by atoms with Crippen LogP contribution in [-0.2, 0) is 23.7 Å². The second-order valence-electron chi connectivity index (χ2n) is 5.96. The molecule has 1 aliphatic heterocycles. The molecule has 156 valence electrons. The Balaban J connectivity index is 2.74. The molecule has 0 aromatic rings. The second-order valence-corrected chi connectivity index (χ2v) is 5.96. The first-order chi connectivity index (χ1) is 12.8. The van der Waals surface area contributed by atoms with Gasteiger partial charge in [-0.1, -0.05) is 0 Å². The summed E-state index contributed by atoms with van der Waals surface area (Å²) in [7, 11) is 0. The Morgan fingerprint density at radius 2 is 1.08 bits per heavy atom. The number of hydrogen-bond acceptors (Lipinski definition) is 9. The molecule has 1 unspecified atom stereocenters. The van der Waals surface area contributed by atoms with E-state index in [0.717, 1.165) is 0 Å². The van der Waals surface area contributed by atoms with Gasteiger partial charge in [0.05, 0.1) is 13.2 Å². The predicted octanol–water partition coefficient (Wildman–Crippen LogP) is -0.955. The fourth-order valence-electron chi connectivity index (χ4n) is 2.54. The van der Waals surface area contributed by atoms with Gasteiger partial charge >= 0.3 is 0 Å². The van der Waals surface area contributed by atoms with E-state index in [4.69, 9.17) is 44.1 Å². The van der Waals surface area contributed by atoms with Crippen LogP contribution in [0.25, 0.3) is 0 Å². The van der Waals surface area contributed by atoms with Gasteiger partial charge in [0, 0.05) is 46.2 Å². The van der Waals surface area contributed by atoms with Crippen molar-refractivity contribution in [1.29, 1.82) is 0 Å². The van der Waals surface area contributed by atoms with Gasteiger partial charge < -0.3 is 44.1 Å². The molecule has 0 saturated carbocycles. The number of hydrogen-bond donors (Lipinski definition) is 4. The van der Waals surface area contributed by atoms with Crippen LogP contribution in [0.4, 0.5) is 0 Å². The Labute approximate surface area is 154 Å². The highest BCUT2D eigenvalue weighted by Gasteiger charge is 2.43. The van der Waals surface area contributed by atoms with E-state index in [1.165, 1.54) is 0 Å². The summed E-state index contributed by atoms with van der Waals surface area (Å²) >= 11 is 0. The molecule has 4 atom stereocenters. The van der Waals surface area contributed by atoms with Crippen LogP contribution < -0.4 is 0 Å². The standard InChI is InChI=1S/C17H34O9/c18-5-1-9-22-14-13-26-17(25-12-4-8-21)16(24-11-3-7-20)15(14)23-10-2-6-19/h14-21H,1-13H2/t14-,15-,16-,17?/m1/s1. The van der Waals surface area contributed by atoms with Crippen LogP contribution in [-0.4, -0.2) is 104 Å². The fraction of sp³-hybridized carbons (Fsp3) is 1.00. The van der Waals surface area contributed by atoms with Gasteiger partial charge in [-0.25, -0.2) is 0 Å². The van der Waals surface area contributed by atoms with E-state index in [1.807, 2.05) is 0 Å². The Kier molecular flexibility index (Phi) is 14.3. The van der Waals surface area contributed by atoms with E-state index < -0.39 is 24.6 Å². The summed E-state index contributed by atoms with van der Waals surface area (Å²) in [6.45, 7) is 1.67. The molecule has 1 saturated heterocycles. The predicted molar refractivity (Wildman–Crippen MR) is 91.7 cm³/mol. The Morgan fingerprint density at radius 1 is 0.615 bits per heavy atom. The summed E-state index contributed by atoms with van der Waals surface area (Å²) in [6.07, 6.45) is -0.144. The lowest BCUT2D eigenvalue weighted by atomic mass is 10.0. The van der Waals surface area contributed by atoms with Gasteiger partial charge in [0.1, 0.15) is 18.3 Å². The Bertz CT molecular complexity index is 289. The van der Waals surface area contributed by atoms with Gasteiger partial charge in [-0.15, -0.1) is 0 Å². The first-order valence-electron chi connectivity index (χ1n) is 9.30. The number of aliphatic hydroxyl groups is 4. The molecule has 26 heavy (non-hydrogen) atoms. The largest absolute Gasteiger partial charge is 0.396 e. The monoisotopic (exact) mass is 382 g/mol. The van der Waals surface area contributed by atoms with E-state index in [9.17, 15) is 0 Å². The minimum absolute atomic E-state index is 0.01000. The zero-order valence-corrected chi connectivity index (χ0v) is 15.3. The molecule has 0 aliphatic carbocycles. The van der Waals surface area contributed by atoms with Crippen LogP contribution in [0.2, 0.25) is 0 Å². The average molecular weight is 382 g/mol. The molecule has 1 fully saturated rings. The lowest BCUT2D eigenvalue weighted by Gasteiger charge is -2.41. The van der Waals surface area contributed by atoms with Gasteiger partial charge in [-0.05, 0) is 25.7 Å². The summed E-state index contributed by atoms with van der Waals surface area (Å²) in [5.74, 6) is 0. The van der Waals surface area contributed by atoms with Crippen molar-refractivity contribution in [2.24, 2.45) is 0 Å². The maximum absolute atomic E-state index is 9.00. The highest BCUT2D eigenvalue weighted by molar-refractivity contribution is 4.87. The van der Waals surface area contributed by atoms with Crippen molar-refractivity contribution in [3.8, 4) is 0 Å². The van der Waals surface area contributed by atoms with Gasteiger partial charge in [0.15, 0.2) is 6.29 Å². The van der Waals surface area contributed by atoms with Crippen LogP contribution in [0.3, 0.4) is 0 Å². The molecule has 0 aromatic carbocycles. The zero-order valence-electron chi connectivity index (χ0n) is 15.3. The lowest BCUT2D eigenvalue weighted by Crippen LogP contribution is -2.57. The molecule has 9 nitrogen and oxygen atoms in total. The average Bonchev–Trinajstić information content (AvgIpc) is 2.65. The maximum atomic E-state index is 9.00. The van der Waals surface area contributed by atoms with E-state index in [0.29, 0.717) is 52.1 Å². The van der Waals surface area contributed by atoms with Crippen LogP contribution in [0.5, 0.6) is 0 Å². The van der Waals surface area contributed by atoms with Crippen LogP contribution in [0.15, 0.2) is 0 Å². The molecule has 0 spiro atoms. The van der Waals surface area contributed by atoms with Gasteiger partial charge in [0.2, 0.25) is 0 Å². The van der Waals surface area contributed by atoms with Crippen LogP contribution in [0.1, 0.15) is 25.7 Å². The normalized spacial score (nSPS) is 26.3. The van der Waals surface area contributed by atoms with Crippen LogP contribution in [0, 0.1) is 0 Å². The SMILES string of the molecule is OCCCOC1OC[C@@H](OCCCO)[C@@H](OCCCO)[C@H]1OCCCO. The summed E-state index contributed by atoms with van der Waals surface area (Å²) in [4.78, 5) is 0. The molecule has 0 amide bonds. The fourth-order valence-corrected chi connectivity index (χ4v) is 2.54. The Hall–Kier alpha value is -0.360. The highest BCUT2D eigenvalue weighted by atomic mass is 16.7. The van der Waals surface area contributed by atoms with E-state index >= 15 is 0 Å². The van der Waals surface area contributed by atoms with E-state index in [-0.39, 0.29) is 33.0 Å². The quantitative estimate of drug-likeness (QED) is 0.250. The number of rotatable bonds is 16. The van der Waals surface area contributed by atoms with Gasteiger partial charge in [0.25, 0.3) is 0 Å². The topological polar surface area (TPSA) is 127 Å². The third-order valence-corrected chi connectivity index (χ3v) is 3.83. The molecule has 1 heterocycles. The molecule has 1 aliphatic rings. The van der Waals surface area contributed by atoms with Crippen molar-refractivity contribution in [2.75, 3.05) is 59.5 Å². The second kappa shape index (κ2) is 15.7. The van der Waals surface area contributed by atoms with Crippen molar-refractivity contribution in [3.05, 3.63) is 0 Å². The van der Waals surface area contributed by atoms with Crippen molar-refractivity contribution in [1.82, 2.24) is 0 Å². The molecule has 0 aromatic heterocycles. The maximum Gasteiger partial charge on any atom is 0.186 e. The minimum atomic E-state index is -0.669. The molecule has 0 radical (unpaired) electrons. The van der Waals surface area contributed by atoms with Crippen molar-refractivity contribution in [3.63, 3.8) is 0 Å². The molecule has 0 bridgehead atoms. The molecular formula is C17H34O9. The third kappa shape index (κ3) is 9.03. The molecule has 9 heteroatoms. The number of ether oxygens (including phenoxy) is 5. The summed E-state index contributed by atoms with van der Waals surface area (Å²) in [5, 5.41) is 35.8. The highest BCUT2D eigenvalue weighted by Crippen LogP contribution is 2.25. The van der Waals surface area contributed by atoms with Crippen molar-refractivity contribution in [2.45, 2.75) is 50.3 Å². The van der Waals surface area contributed by atoms with Gasteiger partial charge in [-0.3, -0.25) is 0 Å². The van der Waals surface area contributed by atoms with Crippen LogP contribution >= 0.6 is 0 Å². The number of aliphatic hydroxyl groups excluding tert-OH is 4. The lowest BCUT2D eigenvalue weighted by molar-refractivity contribution is -0.295. The van der Waals surface area contributed by atoms with Gasteiger partial charge in [-0.2, -0.15) is 0 Å². The van der Waals surface area contributed by atoms with Crippen molar-refractivity contribution >= 4 is 0 Å². The Morgan fingerprint density at radius 3 is 1.62 bits per heavy atom.